The zero-order valence-electron chi connectivity index (χ0n) is 20.4. The summed E-state index contributed by atoms with van der Waals surface area (Å²) in [4.78, 5) is 30.6. The largest absolute Gasteiger partial charge is 0.474 e. The minimum atomic E-state index is -0.958. The van der Waals surface area contributed by atoms with Gasteiger partial charge in [-0.1, -0.05) is 0 Å². The summed E-state index contributed by atoms with van der Waals surface area (Å²) in [5, 5.41) is 6.13. The molecule has 6 rings (SSSR count). The van der Waals surface area contributed by atoms with Crippen LogP contribution in [0, 0.1) is 6.92 Å². The third-order valence-electron chi connectivity index (χ3n) is 7.22. The van der Waals surface area contributed by atoms with E-state index in [1.165, 1.54) is 17.7 Å². The maximum Gasteiger partial charge on any atom is 0.269 e. The molecule has 0 radical (unpaired) electrons. The van der Waals surface area contributed by atoms with E-state index in [0.717, 1.165) is 24.3 Å². The molecule has 3 aliphatic heterocycles. The Kier molecular flexibility index (Phi) is 4.93. The van der Waals surface area contributed by atoms with Gasteiger partial charge in [0.2, 0.25) is 5.95 Å². The van der Waals surface area contributed by atoms with Crippen molar-refractivity contribution in [1.29, 1.82) is 0 Å². The van der Waals surface area contributed by atoms with Crippen LogP contribution in [0.4, 0.5) is 23.1 Å². The Labute approximate surface area is 204 Å². The SMILES string of the molecule is Cc1cc(Nc2nccc(-c3cnc4c(c3)OC(C)(C)C(=O)N4)n2)ccc1N1CC2CC1CN2C. The lowest BCUT2D eigenvalue weighted by molar-refractivity contribution is -0.129. The molecule has 2 bridgehead atoms. The van der Waals surface area contributed by atoms with E-state index in [4.69, 9.17) is 4.74 Å². The molecule has 2 aromatic heterocycles. The normalized spacial score (nSPS) is 22.5. The van der Waals surface area contributed by atoms with Gasteiger partial charge in [0.15, 0.2) is 17.2 Å². The molecule has 35 heavy (non-hydrogen) atoms. The molecule has 2 fully saturated rings. The number of hydrogen-bond donors (Lipinski definition) is 2. The predicted molar refractivity (Wildman–Crippen MR) is 135 cm³/mol. The first-order valence-electron chi connectivity index (χ1n) is 12.0. The molecule has 3 aliphatic rings. The molecule has 5 heterocycles. The molecule has 2 saturated heterocycles. The third kappa shape index (κ3) is 3.85. The summed E-state index contributed by atoms with van der Waals surface area (Å²) in [5.41, 5.74) is 4.02. The van der Waals surface area contributed by atoms with Gasteiger partial charge >= 0.3 is 0 Å². The van der Waals surface area contributed by atoms with Crippen LogP contribution in [0.5, 0.6) is 5.75 Å². The van der Waals surface area contributed by atoms with Crippen LogP contribution < -0.4 is 20.3 Å². The van der Waals surface area contributed by atoms with Gasteiger partial charge in [-0.25, -0.2) is 15.0 Å². The minimum Gasteiger partial charge on any atom is -0.474 e. The van der Waals surface area contributed by atoms with E-state index in [1.807, 2.05) is 12.1 Å². The highest BCUT2D eigenvalue weighted by atomic mass is 16.5. The van der Waals surface area contributed by atoms with Crippen LogP contribution in [0.3, 0.4) is 0 Å². The maximum atomic E-state index is 12.1. The molecule has 0 saturated carbocycles. The van der Waals surface area contributed by atoms with Gasteiger partial charge in [0, 0.05) is 54.5 Å². The fourth-order valence-electron chi connectivity index (χ4n) is 5.26. The van der Waals surface area contributed by atoms with Gasteiger partial charge in [0.1, 0.15) is 0 Å². The van der Waals surface area contributed by atoms with Crippen molar-refractivity contribution in [3.63, 3.8) is 0 Å². The number of fused-ring (bicyclic) bond motifs is 3. The number of rotatable bonds is 4. The van der Waals surface area contributed by atoms with Gasteiger partial charge in [-0.3, -0.25) is 9.69 Å². The number of likely N-dealkylation sites (tertiary alicyclic amines) is 1. The lowest BCUT2D eigenvalue weighted by Gasteiger charge is -2.34. The first-order valence-corrected chi connectivity index (χ1v) is 12.0. The highest BCUT2D eigenvalue weighted by molar-refractivity contribution is 5.99. The third-order valence-corrected chi connectivity index (χ3v) is 7.22. The summed E-state index contributed by atoms with van der Waals surface area (Å²) in [7, 11) is 2.22. The van der Waals surface area contributed by atoms with E-state index in [2.05, 4.69) is 67.6 Å². The van der Waals surface area contributed by atoms with Crippen LogP contribution in [0.2, 0.25) is 0 Å². The summed E-state index contributed by atoms with van der Waals surface area (Å²) in [5.74, 6) is 1.22. The molecule has 9 heteroatoms. The van der Waals surface area contributed by atoms with Crippen LogP contribution in [0.25, 0.3) is 11.3 Å². The second kappa shape index (κ2) is 7.91. The number of nitrogens with zero attached hydrogens (tertiary/aromatic N) is 5. The number of carbonyl (C=O) groups is 1. The van der Waals surface area contributed by atoms with Gasteiger partial charge in [-0.05, 0) is 70.1 Å². The lowest BCUT2D eigenvalue weighted by atomic mass is 10.1. The molecule has 1 aromatic carbocycles. The fraction of sp³-hybridized carbons (Fsp3) is 0.385. The molecule has 9 nitrogen and oxygen atoms in total. The lowest BCUT2D eigenvalue weighted by Crippen LogP contribution is -2.45. The standard InChI is InChI=1S/C26H29N7O2/c1-15-9-17(5-6-21(15)33-14-18-11-19(33)13-32(18)4)29-25-27-8-7-20(30-25)16-10-22-23(28-12-16)31-24(34)26(2,3)35-22/h5-10,12,18-19H,11,13-14H2,1-4H3,(H,27,29,30)(H,28,31,34). The summed E-state index contributed by atoms with van der Waals surface area (Å²) >= 11 is 0. The van der Waals surface area contributed by atoms with Crippen molar-refractivity contribution in [2.24, 2.45) is 0 Å². The summed E-state index contributed by atoms with van der Waals surface area (Å²) < 4.78 is 5.87. The van der Waals surface area contributed by atoms with Crippen molar-refractivity contribution in [3.8, 4) is 17.0 Å². The number of hydrogen-bond acceptors (Lipinski definition) is 8. The average Bonchev–Trinajstić information content (AvgIpc) is 3.39. The van der Waals surface area contributed by atoms with E-state index in [1.54, 1.807) is 26.2 Å². The van der Waals surface area contributed by atoms with E-state index in [-0.39, 0.29) is 5.91 Å². The number of anilines is 4. The predicted octanol–water partition coefficient (Wildman–Crippen LogP) is 3.59. The topological polar surface area (TPSA) is 95.5 Å². The molecule has 2 unspecified atom stereocenters. The number of pyridine rings is 1. The number of carbonyl (C=O) groups excluding carboxylic acids is 1. The summed E-state index contributed by atoms with van der Waals surface area (Å²) in [6.07, 6.45) is 4.64. The minimum absolute atomic E-state index is 0.218. The number of aryl methyl sites for hydroxylation is 1. The highest BCUT2D eigenvalue weighted by Gasteiger charge is 2.41. The molecule has 2 N–H and O–H groups in total. The first-order chi connectivity index (χ1) is 16.8. The summed E-state index contributed by atoms with van der Waals surface area (Å²) in [6, 6.07) is 11.4. The number of benzene rings is 1. The van der Waals surface area contributed by atoms with E-state index < -0.39 is 5.60 Å². The molecule has 180 valence electrons. The van der Waals surface area contributed by atoms with Crippen LogP contribution in [-0.2, 0) is 4.79 Å². The molecule has 3 aromatic rings. The Morgan fingerprint density at radius 3 is 2.74 bits per heavy atom. The zero-order chi connectivity index (χ0) is 24.3. The second-order valence-electron chi connectivity index (χ2n) is 10.2. The van der Waals surface area contributed by atoms with Crippen molar-refractivity contribution >= 4 is 29.0 Å². The van der Waals surface area contributed by atoms with E-state index in [9.17, 15) is 4.79 Å². The van der Waals surface area contributed by atoms with E-state index >= 15 is 0 Å². The van der Waals surface area contributed by atoms with Gasteiger partial charge in [-0.15, -0.1) is 0 Å². The first kappa shape index (κ1) is 21.8. The Hall–Kier alpha value is -3.72. The number of likely N-dealkylation sites (N-methyl/N-ethyl adjacent to an activating group) is 1. The van der Waals surface area contributed by atoms with Crippen LogP contribution >= 0.6 is 0 Å². The van der Waals surface area contributed by atoms with Crippen molar-refractivity contribution in [2.75, 3.05) is 35.7 Å². The molecule has 2 atom stereocenters. The summed E-state index contributed by atoms with van der Waals surface area (Å²) in [6.45, 7) is 7.85. The smallest absolute Gasteiger partial charge is 0.269 e. The monoisotopic (exact) mass is 471 g/mol. The highest BCUT2D eigenvalue weighted by Crippen LogP contribution is 2.37. The molecular formula is C26H29N7O2. The van der Waals surface area contributed by atoms with E-state index in [0.29, 0.717) is 35.3 Å². The van der Waals surface area contributed by atoms with Crippen LogP contribution in [0.15, 0.2) is 42.7 Å². The molecule has 1 amide bonds. The second-order valence-corrected chi connectivity index (χ2v) is 10.2. The molecule has 0 spiro atoms. The van der Waals surface area contributed by atoms with Crippen molar-refractivity contribution in [2.45, 2.75) is 44.9 Å². The quantitative estimate of drug-likeness (QED) is 0.596. The van der Waals surface area contributed by atoms with Gasteiger partial charge < -0.3 is 20.3 Å². The van der Waals surface area contributed by atoms with Gasteiger partial charge in [-0.2, -0.15) is 0 Å². The number of aromatic nitrogens is 3. The Morgan fingerprint density at radius 1 is 1.14 bits per heavy atom. The van der Waals surface area contributed by atoms with Gasteiger partial charge in [0.05, 0.1) is 5.69 Å². The zero-order valence-corrected chi connectivity index (χ0v) is 20.4. The number of nitrogens with one attached hydrogen (secondary N) is 2. The van der Waals surface area contributed by atoms with Gasteiger partial charge in [0.25, 0.3) is 5.91 Å². The van der Waals surface area contributed by atoms with Crippen molar-refractivity contribution in [3.05, 3.63) is 48.3 Å². The average molecular weight is 472 g/mol. The maximum absolute atomic E-state index is 12.1. The number of amides is 1. The molecule has 0 aliphatic carbocycles. The Balaban J connectivity index is 1.21. The Morgan fingerprint density at radius 2 is 2.00 bits per heavy atom. The fourth-order valence-corrected chi connectivity index (χ4v) is 5.26. The van der Waals surface area contributed by atoms with Crippen LogP contribution in [-0.4, -0.2) is 63.6 Å². The number of ether oxygens (including phenoxy) is 1. The van der Waals surface area contributed by atoms with Crippen molar-refractivity contribution < 1.29 is 9.53 Å². The van der Waals surface area contributed by atoms with Crippen LogP contribution in [0.1, 0.15) is 25.8 Å². The van der Waals surface area contributed by atoms with Crippen molar-refractivity contribution in [1.82, 2.24) is 19.9 Å². The Bertz CT molecular complexity index is 1320. The molecular weight excluding hydrogens is 442 g/mol. The number of piperazine rings is 1.